The molecule has 0 bridgehead atoms. The second kappa shape index (κ2) is 6.80. The number of anilines is 2. The molecule has 5 nitrogen and oxygen atoms in total. The molecular weight excluding hydrogens is 322 g/mol. The highest BCUT2D eigenvalue weighted by molar-refractivity contribution is 5.77. The van der Waals surface area contributed by atoms with E-state index in [0.717, 1.165) is 28.1 Å². The Labute approximate surface area is 152 Å². The normalized spacial score (nSPS) is 11.3. The van der Waals surface area contributed by atoms with E-state index < -0.39 is 0 Å². The van der Waals surface area contributed by atoms with Crippen molar-refractivity contribution in [1.82, 2.24) is 9.55 Å². The fraction of sp³-hybridized carbons (Fsp3) is 0.0952. The van der Waals surface area contributed by atoms with Gasteiger partial charge in [0.05, 0.1) is 16.7 Å². The molecule has 0 aliphatic carbocycles. The van der Waals surface area contributed by atoms with Gasteiger partial charge in [0.1, 0.15) is 0 Å². The average Bonchev–Trinajstić information content (AvgIpc) is 2.99. The third-order valence-electron chi connectivity index (χ3n) is 4.23. The van der Waals surface area contributed by atoms with E-state index >= 15 is 0 Å². The Kier molecular flexibility index (Phi) is 4.19. The van der Waals surface area contributed by atoms with Crippen LogP contribution in [0.5, 0.6) is 0 Å². The molecule has 0 aliphatic rings. The molecule has 26 heavy (non-hydrogen) atoms. The number of rotatable bonds is 4. The van der Waals surface area contributed by atoms with Crippen LogP contribution in [0.1, 0.15) is 5.56 Å². The van der Waals surface area contributed by atoms with Gasteiger partial charge in [0.15, 0.2) is 0 Å². The zero-order valence-corrected chi connectivity index (χ0v) is 14.7. The third-order valence-corrected chi connectivity index (χ3v) is 4.23. The topological polar surface area (TPSA) is 54.6 Å². The molecular formula is C21H19N5. The van der Waals surface area contributed by atoms with Crippen LogP contribution >= 0.6 is 0 Å². The van der Waals surface area contributed by atoms with E-state index in [2.05, 4.69) is 51.7 Å². The van der Waals surface area contributed by atoms with E-state index in [0.29, 0.717) is 5.95 Å². The summed E-state index contributed by atoms with van der Waals surface area (Å²) in [4.78, 5) is 4.50. The Morgan fingerprint density at radius 3 is 2.15 bits per heavy atom. The number of para-hydroxylation sites is 2. The first-order valence-corrected chi connectivity index (χ1v) is 8.46. The van der Waals surface area contributed by atoms with Crippen LogP contribution < -0.4 is 5.32 Å². The molecule has 0 amide bonds. The van der Waals surface area contributed by atoms with Gasteiger partial charge in [0.2, 0.25) is 5.95 Å². The predicted octanol–water partition coefficient (Wildman–Crippen LogP) is 6.04. The van der Waals surface area contributed by atoms with Crippen molar-refractivity contribution in [2.75, 3.05) is 5.32 Å². The van der Waals surface area contributed by atoms with E-state index in [1.54, 1.807) is 0 Å². The van der Waals surface area contributed by atoms with Gasteiger partial charge in [-0.2, -0.15) is 0 Å². The summed E-state index contributed by atoms with van der Waals surface area (Å²) in [5.74, 6) is 0.591. The van der Waals surface area contributed by atoms with E-state index in [1.807, 2.05) is 60.1 Å². The lowest BCUT2D eigenvalue weighted by molar-refractivity contribution is 0.921. The summed E-state index contributed by atoms with van der Waals surface area (Å²) < 4.78 is 1.94. The number of nitrogens with one attached hydrogen (secondary N) is 1. The van der Waals surface area contributed by atoms with Crippen molar-refractivity contribution < 1.29 is 0 Å². The Bertz CT molecular complexity index is 1060. The number of azo groups is 1. The number of hydrogen-bond acceptors (Lipinski definition) is 4. The fourth-order valence-electron chi connectivity index (χ4n) is 2.74. The van der Waals surface area contributed by atoms with Gasteiger partial charge in [-0.1, -0.05) is 29.8 Å². The highest BCUT2D eigenvalue weighted by Gasteiger charge is 2.05. The molecule has 4 aromatic rings. The van der Waals surface area contributed by atoms with Gasteiger partial charge in [0, 0.05) is 18.4 Å². The summed E-state index contributed by atoms with van der Waals surface area (Å²) in [6.45, 7) is 2.08. The molecule has 0 aliphatic heterocycles. The molecule has 0 saturated heterocycles. The van der Waals surface area contributed by atoms with Crippen LogP contribution in [-0.4, -0.2) is 9.55 Å². The van der Waals surface area contributed by atoms with Gasteiger partial charge in [-0.15, -0.1) is 10.2 Å². The summed E-state index contributed by atoms with van der Waals surface area (Å²) in [6.07, 6.45) is 0. The number of fused-ring (bicyclic) bond motifs is 1. The maximum atomic E-state index is 4.50. The van der Waals surface area contributed by atoms with Crippen LogP contribution in [0.2, 0.25) is 0 Å². The number of benzene rings is 3. The zero-order valence-electron chi connectivity index (χ0n) is 14.7. The van der Waals surface area contributed by atoms with Gasteiger partial charge < -0.3 is 9.88 Å². The lowest BCUT2D eigenvalue weighted by Gasteiger charge is -2.06. The smallest absolute Gasteiger partial charge is 0.250 e. The Balaban J connectivity index is 1.50. The zero-order chi connectivity index (χ0) is 17.9. The molecule has 3 aromatic carbocycles. The number of nitrogens with zero attached hydrogens (tertiary/aromatic N) is 4. The highest BCUT2D eigenvalue weighted by Crippen LogP contribution is 2.24. The Morgan fingerprint density at radius 2 is 1.46 bits per heavy atom. The molecule has 128 valence electrons. The van der Waals surface area contributed by atoms with Crippen LogP contribution in [0.3, 0.4) is 0 Å². The van der Waals surface area contributed by atoms with E-state index in [9.17, 15) is 0 Å². The minimum Gasteiger partial charge on any atom is -0.356 e. The third kappa shape index (κ3) is 3.32. The van der Waals surface area contributed by atoms with Crippen LogP contribution in [0.15, 0.2) is 83.0 Å². The lowest BCUT2D eigenvalue weighted by Crippen LogP contribution is -1.89. The van der Waals surface area contributed by atoms with Gasteiger partial charge in [-0.25, -0.2) is 4.98 Å². The second-order valence-corrected chi connectivity index (χ2v) is 6.20. The van der Waals surface area contributed by atoms with Crippen LogP contribution in [0.25, 0.3) is 11.0 Å². The van der Waals surface area contributed by atoms with Crippen LogP contribution in [-0.2, 0) is 7.05 Å². The molecule has 0 fully saturated rings. The maximum absolute atomic E-state index is 4.50. The quantitative estimate of drug-likeness (QED) is 0.460. The summed E-state index contributed by atoms with van der Waals surface area (Å²) in [5, 5.41) is 12.0. The van der Waals surface area contributed by atoms with Crippen molar-refractivity contribution in [1.29, 1.82) is 0 Å². The van der Waals surface area contributed by atoms with Crippen LogP contribution in [0.4, 0.5) is 23.0 Å². The summed E-state index contributed by atoms with van der Waals surface area (Å²) >= 11 is 0. The van der Waals surface area contributed by atoms with E-state index in [1.165, 1.54) is 5.56 Å². The van der Waals surface area contributed by atoms with Crippen molar-refractivity contribution in [2.45, 2.75) is 6.92 Å². The summed E-state index contributed by atoms with van der Waals surface area (Å²) in [6, 6.07) is 24.1. The van der Waals surface area contributed by atoms with Gasteiger partial charge in [-0.3, -0.25) is 0 Å². The van der Waals surface area contributed by atoms with Gasteiger partial charge in [-0.05, 0) is 55.5 Å². The Morgan fingerprint density at radius 1 is 0.808 bits per heavy atom. The van der Waals surface area contributed by atoms with Crippen molar-refractivity contribution in [3.63, 3.8) is 0 Å². The molecule has 0 unspecified atom stereocenters. The van der Waals surface area contributed by atoms with Gasteiger partial charge >= 0.3 is 0 Å². The molecule has 4 rings (SSSR count). The average molecular weight is 341 g/mol. The number of hydrogen-bond donors (Lipinski definition) is 1. The summed E-state index contributed by atoms with van der Waals surface area (Å²) in [5.41, 5.74) is 6.06. The second-order valence-electron chi connectivity index (χ2n) is 6.20. The van der Waals surface area contributed by atoms with Gasteiger partial charge in [0.25, 0.3) is 0 Å². The van der Waals surface area contributed by atoms with E-state index in [4.69, 9.17) is 0 Å². The number of aromatic nitrogens is 2. The minimum absolute atomic E-state index is 0.591. The molecule has 0 spiro atoms. The molecule has 1 N–H and O–H groups in total. The first-order chi connectivity index (χ1) is 12.7. The Hall–Kier alpha value is -3.47. The number of aryl methyl sites for hydroxylation is 2. The first-order valence-electron chi connectivity index (χ1n) is 8.46. The summed E-state index contributed by atoms with van der Waals surface area (Å²) in [7, 11) is 1.94. The SMILES string of the molecule is Cc1ccc(Nc2ccc(N=Nc3nc4ccccc4n3C)cc2)cc1. The fourth-order valence-corrected chi connectivity index (χ4v) is 2.74. The number of imidazole rings is 1. The predicted molar refractivity (Wildman–Crippen MR) is 106 cm³/mol. The van der Waals surface area contributed by atoms with Crippen molar-refractivity contribution >= 4 is 34.0 Å². The van der Waals surface area contributed by atoms with Crippen molar-refractivity contribution in [3.8, 4) is 0 Å². The minimum atomic E-state index is 0.591. The molecule has 1 aromatic heterocycles. The molecule has 5 heteroatoms. The monoisotopic (exact) mass is 341 g/mol. The van der Waals surface area contributed by atoms with Crippen molar-refractivity contribution in [2.24, 2.45) is 17.3 Å². The van der Waals surface area contributed by atoms with Crippen LogP contribution in [0, 0.1) is 6.92 Å². The molecule has 0 saturated carbocycles. The largest absolute Gasteiger partial charge is 0.356 e. The maximum Gasteiger partial charge on any atom is 0.250 e. The highest BCUT2D eigenvalue weighted by atomic mass is 15.3. The molecule has 0 radical (unpaired) electrons. The first kappa shape index (κ1) is 16.0. The van der Waals surface area contributed by atoms with Crippen molar-refractivity contribution in [3.05, 3.63) is 78.4 Å². The van der Waals surface area contributed by atoms with E-state index in [-0.39, 0.29) is 0 Å². The molecule has 0 atom stereocenters. The lowest BCUT2D eigenvalue weighted by atomic mass is 10.2. The standard InChI is InChI=1S/C21H19N5/c1-15-7-9-16(10-8-15)22-17-11-13-18(14-12-17)24-25-21-23-19-5-3-4-6-20(19)26(21)2/h3-14,22H,1-2H3. The molecule has 1 heterocycles.